The van der Waals surface area contributed by atoms with Crippen LogP contribution in [0.1, 0.15) is 43.0 Å². The van der Waals surface area contributed by atoms with Crippen molar-refractivity contribution in [2.24, 2.45) is 17.8 Å². The molecule has 2 amide bonds. The number of aromatic hydroxyl groups is 1. The van der Waals surface area contributed by atoms with Crippen molar-refractivity contribution >= 4 is 58.9 Å². The molecule has 0 spiro atoms. The molecule has 1 aliphatic carbocycles. The first kappa shape index (κ1) is 30.3. The zero-order valence-corrected chi connectivity index (χ0v) is 26.4. The Bertz CT molecular complexity index is 1360. The van der Waals surface area contributed by atoms with Gasteiger partial charge >= 0.3 is 7.12 Å². The minimum absolute atomic E-state index is 0.126. The first-order chi connectivity index (χ1) is 19.7. The molecule has 8 nitrogen and oxygen atoms in total. The maximum atomic E-state index is 13.7. The molecule has 2 aliphatic heterocycles. The number of halogens is 1. The number of phenols is 1. The fraction of sp³-hybridized carbons (Fsp3) is 0.467. The number of nitrogens with zero attached hydrogens (tertiary/aromatic N) is 1. The van der Waals surface area contributed by atoms with Gasteiger partial charge in [-0.15, -0.1) is 11.3 Å². The van der Waals surface area contributed by atoms with Crippen LogP contribution in [0, 0.1) is 21.3 Å². The molecule has 1 aromatic carbocycles. The predicted octanol–water partition coefficient (Wildman–Crippen LogP) is 5.28. The molecule has 3 heterocycles. The van der Waals surface area contributed by atoms with Crippen molar-refractivity contribution in [1.29, 1.82) is 0 Å². The Hall–Kier alpha value is -2.19. The first-order valence-corrected chi connectivity index (χ1v) is 15.9. The van der Waals surface area contributed by atoms with Crippen molar-refractivity contribution < 1.29 is 33.8 Å². The smallest absolute Gasteiger partial charge is 0.455 e. The Balaban J connectivity index is 1.40. The standard InChI is InChI=1S/C30H35BINO7S/c1-4-17(10-18-11-23(32)28(34)25(12-18)39-3)7-8-24-26-19(16-38-2)13-21-27(22(26)14-31(37)40-24)30(36)33(29(21)35)15-20-6-5-9-41-20/h5-6,9-12,21-22,24,27,34,37H,4,7-8,13-16H2,1-3H3/b17-10+/t21-,22+,24-,27-/m1/s1. The SMILES string of the molecule is CC/C(=C\c1cc(I)c(O)c(OC)c1)CC[C@H]1OB(O)C[C@H]2C1=C(COC)C[C@H]1C(=O)N(Cc3cccs3)C(=O)[C@H]12. The molecule has 11 heteroatoms. The number of carbonyl (C=O) groups excluding carboxylic acids is 2. The average Bonchev–Trinajstić information content (AvgIpc) is 3.55. The first-order valence-electron chi connectivity index (χ1n) is 13.9. The molecule has 41 heavy (non-hydrogen) atoms. The van der Waals surface area contributed by atoms with Crippen LogP contribution in [0.3, 0.4) is 0 Å². The summed E-state index contributed by atoms with van der Waals surface area (Å²) in [6, 6.07) is 7.59. The molecule has 2 saturated heterocycles. The number of imide groups is 1. The van der Waals surface area contributed by atoms with E-state index >= 15 is 0 Å². The zero-order chi connectivity index (χ0) is 29.3. The molecule has 0 radical (unpaired) electrons. The highest BCUT2D eigenvalue weighted by Crippen LogP contribution is 2.51. The van der Waals surface area contributed by atoms with Crippen LogP contribution in [0.4, 0.5) is 0 Å². The van der Waals surface area contributed by atoms with Gasteiger partial charge in [0.15, 0.2) is 11.5 Å². The fourth-order valence-corrected chi connectivity index (χ4v) is 7.90. The molecule has 2 aromatic rings. The normalized spacial score (nSPS) is 24.7. The highest BCUT2D eigenvalue weighted by molar-refractivity contribution is 14.1. The van der Waals surface area contributed by atoms with Crippen molar-refractivity contribution in [3.8, 4) is 11.5 Å². The summed E-state index contributed by atoms with van der Waals surface area (Å²) >= 11 is 3.62. The van der Waals surface area contributed by atoms with Gasteiger partial charge in [0.1, 0.15) is 0 Å². The Labute approximate surface area is 258 Å². The van der Waals surface area contributed by atoms with Crippen LogP contribution in [0.2, 0.25) is 6.32 Å². The molecule has 2 fully saturated rings. The van der Waals surface area contributed by atoms with Gasteiger partial charge in [0, 0.05) is 12.0 Å². The lowest BCUT2D eigenvalue weighted by Crippen LogP contribution is -2.46. The number of fused-ring (bicyclic) bond motifs is 3. The van der Waals surface area contributed by atoms with E-state index in [2.05, 4.69) is 35.6 Å². The van der Waals surface area contributed by atoms with E-state index in [0.29, 0.717) is 28.8 Å². The fourth-order valence-electron chi connectivity index (χ4n) is 6.59. The van der Waals surface area contributed by atoms with E-state index in [4.69, 9.17) is 14.1 Å². The zero-order valence-electron chi connectivity index (χ0n) is 23.5. The van der Waals surface area contributed by atoms with Gasteiger partial charge in [-0.3, -0.25) is 14.5 Å². The molecule has 2 N–H and O–H groups in total. The van der Waals surface area contributed by atoms with Crippen LogP contribution in [-0.2, 0) is 25.5 Å². The number of carbonyl (C=O) groups is 2. The number of phenolic OH excluding ortho intramolecular Hbond substituents is 1. The Morgan fingerprint density at radius 1 is 1.27 bits per heavy atom. The molecule has 1 aromatic heterocycles. The number of ether oxygens (including phenoxy) is 2. The van der Waals surface area contributed by atoms with Crippen molar-refractivity contribution in [2.45, 2.75) is 51.6 Å². The number of hydrogen-bond donors (Lipinski definition) is 2. The number of hydrogen-bond acceptors (Lipinski definition) is 8. The largest absolute Gasteiger partial charge is 0.504 e. The molecule has 3 aliphatic rings. The summed E-state index contributed by atoms with van der Waals surface area (Å²) in [4.78, 5) is 29.6. The van der Waals surface area contributed by atoms with Crippen molar-refractivity contribution in [3.05, 3.63) is 60.4 Å². The van der Waals surface area contributed by atoms with Crippen LogP contribution < -0.4 is 4.74 Å². The van der Waals surface area contributed by atoms with E-state index in [1.54, 1.807) is 7.11 Å². The minimum atomic E-state index is -1.01. The number of likely N-dealkylation sites (tertiary alicyclic amines) is 1. The monoisotopic (exact) mass is 691 g/mol. The second kappa shape index (κ2) is 13.0. The lowest BCUT2D eigenvalue weighted by molar-refractivity contribution is -0.140. The third kappa shape index (κ3) is 6.15. The van der Waals surface area contributed by atoms with E-state index in [9.17, 15) is 19.7 Å². The number of amides is 2. The molecule has 4 atom stereocenters. The van der Waals surface area contributed by atoms with Gasteiger partial charge in [-0.05, 0) is 101 Å². The molecule has 0 bridgehead atoms. The predicted molar refractivity (Wildman–Crippen MR) is 166 cm³/mol. The van der Waals surface area contributed by atoms with E-state index in [0.717, 1.165) is 34.4 Å². The highest BCUT2D eigenvalue weighted by Gasteiger charge is 2.57. The van der Waals surface area contributed by atoms with E-state index in [1.807, 2.05) is 29.6 Å². The maximum Gasteiger partial charge on any atom is 0.455 e. The average molecular weight is 691 g/mol. The third-order valence-corrected chi connectivity index (χ3v) is 10.1. The van der Waals surface area contributed by atoms with Crippen LogP contribution in [0.5, 0.6) is 11.5 Å². The third-order valence-electron chi connectivity index (χ3n) is 8.44. The lowest BCUT2D eigenvalue weighted by Gasteiger charge is -2.43. The molecular formula is C30H35BINO7S. The van der Waals surface area contributed by atoms with Crippen molar-refractivity contribution in [2.75, 3.05) is 20.8 Å². The topological polar surface area (TPSA) is 106 Å². The number of thiophene rings is 1. The maximum absolute atomic E-state index is 13.7. The van der Waals surface area contributed by atoms with Gasteiger partial charge in [-0.1, -0.05) is 24.6 Å². The summed E-state index contributed by atoms with van der Waals surface area (Å²) in [6.07, 6.45) is 4.63. The highest BCUT2D eigenvalue weighted by atomic mass is 127. The van der Waals surface area contributed by atoms with Crippen molar-refractivity contribution in [3.63, 3.8) is 0 Å². The molecule has 218 valence electrons. The number of methoxy groups -OCH3 is 2. The molecule has 0 unspecified atom stereocenters. The van der Waals surface area contributed by atoms with Gasteiger partial charge in [0.05, 0.1) is 41.8 Å². The summed E-state index contributed by atoms with van der Waals surface area (Å²) in [5, 5.41) is 23.0. The Kier molecular flexibility index (Phi) is 9.59. The second-order valence-corrected chi connectivity index (χ2v) is 13.0. The second-order valence-electron chi connectivity index (χ2n) is 10.8. The minimum Gasteiger partial charge on any atom is -0.504 e. The van der Waals surface area contributed by atoms with E-state index in [-0.39, 0.29) is 42.5 Å². The quantitative estimate of drug-likeness (QED) is 0.151. The van der Waals surface area contributed by atoms with Crippen LogP contribution in [0.25, 0.3) is 6.08 Å². The van der Waals surface area contributed by atoms with Crippen LogP contribution >= 0.6 is 33.9 Å². The summed E-state index contributed by atoms with van der Waals surface area (Å²) in [6.45, 7) is 2.75. The number of allylic oxidation sites excluding steroid dienone is 1. The summed E-state index contributed by atoms with van der Waals surface area (Å²) in [7, 11) is 2.16. The number of benzene rings is 1. The van der Waals surface area contributed by atoms with E-state index in [1.165, 1.54) is 28.9 Å². The van der Waals surface area contributed by atoms with Gasteiger partial charge in [0.25, 0.3) is 0 Å². The molecule has 5 rings (SSSR count). The molecular weight excluding hydrogens is 656 g/mol. The van der Waals surface area contributed by atoms with Crippen LogP contribution in [0.15, 0.2) is 46.4 Å². The van der Waals surface area contributed by atoms with E-state index < -0.39 is 19.0 Å². The van der Waals surface area contributed by atoms with Gasteiger partial charge in [-0.25, -0.2) is 0 Å². The van der Waals surface area contributed by atoms with Crippen molar-refractivity contribution in [1.82, 2.24) is 4.90 Å². The summed E-state index contributed by atoms with van der Waals surface area (Å²) in [5.41, 5.74) is 4.15. The molecule has 0 saturated carbocycles. The summed E-state index contributed by atoms with van der Waals surface area (Å²) in [5.74, 6) is -0.929. The number of rotatable bonds is 10. The summed E-state index contributed by atoms with van der Waals surface area (Å²) < 4.78 is 17.7. The lowest BCUT2D eigenvalue weighted by atomic mass is 9.58. The van der Waals surface area contributed by atoms with Gasteiger partial charge in [0.2, 0.25) is 11.8 Å². The Morgan fingerprint density at radius 2 is 2.07 bits per heavy atom. The van der Waals surface area contributed by atoms with Crippen LogP contribution in [-0.4, -0.2) is 60.9 Å². The van der Waals surface area contributed by atoms with Gasteiger partial charge < -0.3 is 24.3 Å². The Morgan fingerprint density at radius 3 is 2.76 bits per heavy atom. The van der Waals surface area contributed by atoms with Gasteiger partial charge in [-0.2, -0.15) is 0 Å².